The molecule has 1 aromatic carbocycles. The van der Waals surface area contributed by atoms with Gasteiger partial charge in [0.25, 0.3) is 0 Å². The molecule has 0 bridgehead atoms. The van der Waals surface area contributed by atoms with Gasteiger partial charge in [0.05, 0.1) is 0 Å². The first kappa shape index (κ1) is 13.3. The summed E-state index contributed by atoms with van der Waals surface area (Å²) >= 11 is 0. The van der Waals surface area contributed by atoms with Crippen LogP contribution in [0, 0.1) is 0 Å². The molecule has 0 radical (unpaired) electrons. The first-order valence-electron chi connectivity index (χ1n) is 6.84. The molecule has 2 rings (SSSR count). The Balaban J connectivity index is 2.13. The average molecular weight is 244 g/mol. The number of hydrogen-bond donors (Lipinski definition) is 1. The van der Waals surface area contributed by atoms with Crippen LogP contribution in [-0.2, 0) is 0 Å². The highest BCUT2D eigenvalue weighted by Crippen LogP contribution is 2.28. The van der Waals surface area contributed by atoms with E-state index in [0.717, 1.165) is 26.1 Å². The van der Waals surface area contributed by atoms with E-state index in [1.807, 2.05) is 6.08 Å². The van der Waals surface area contributed by atoms with Crippen LogP contribution in [0.25, 0.3) is 0 Å². The van der Waals surface area contributed by atoms with Gasteiger partial charge < -0.3 is 5.32 Å². The Hall–Kier alpha value is -1.12. The van der Waals surface area contributed by atoms with Crippen molar-refractivity contribution in [3.8, 4) is 0 Å². The maximum Gasteiger partial charge on any atom is 0.0450 e. The molecule has 2 atom stereocenters. The summed E-state index contributed by atoms with van der Waals surface area (Å²) in [5.41, 5.74) is 1.63. The second-order valence-corrected chi connectivity index (χ2v) is 5.39. The Labute approximate surface area is 111 Å². The van der Waals surface area contributed by atoms with Gasteiger partial charge in [0, 0.05) is 31.2 Å². The summed E-state index contributed by atoms with van der Waals surface area (Å²) in [5.74, 6) is 0. The van der Waals surface area contributed by atoms with Crippen molar-refractivity contribution in [3.63, 3.8) is 0 Å². The van der Waals surface area contributed by atoms with Crippen LogP contribution in [0.1, 0.15) is 31.9 Å². The highest BCUT2D eigenvalue weighted by atomic mass is 15.3. The number of nitrogens with one attached hydrogen (secondary N) is 1. The van der Waals surface area contributed by atoms with Crippen molar-refractivity contribution in [1.82, 2.24) is 10.2 Å². The standard InChI is InChI=1S/C16H24N2/c1-4-11-18-12-15(14-9-7-6-8-10-14)17-13-16(18,3)5-2/h4,6-10,15,17H,1,5,11-13H2,2-3H3. The van der Waals surface area contributed by atoms with Gasteiger partial charge in [0.15, 0.2) is 0 Å². The molecule has 98 valence electrons. The third-order valence-corrected chi connectivity index (χ3v) is 4.21. The van der Waals surface area contributed by atoms with Crippen molar-refractivity contribution in [2.24, 2.45) is 0 Å². The van der Waals surface area contributed by atoms with Crippen molar-refractivity contribution in [2.75, 3.05) is 19.6 Å². The number of benzene rings is 1. The van der Waals surface area contributed by atoms with Gasteiger partial charge in [-0.25, -0.2) is 0 Å². The van der Waals surface area contributed by atoms with E-state index in [9.17, 15) is 0 Å². The summed E-state index contributed by atoms with van der Waals surface area (Å²) in [7, 11) is 0. The van der Waals surface area contributed by atoms with E-state index in [0.29, 0.717) is 6.04 Å². The lowest BCUT2D eigenvalue weighted by Gasteiger charge is -2.47. The summed E-state index contributed by atoms with van der Waals surface area (Å²) in [4.78, 5) is 2.55. The minimum absolute atomic E-state index is 0.249. The van der Waals surface area contributed by atoms with Crippen molar-refractivity contribution < 1.29 is 0 Å². The van der Waals surface area contributed by atoms with E-state index < -0.39 is 0 Å². The predicted octanol–water partition coefficient (Wildman–Crippen LogP) is 2.99. The van der Waals surface area contributed by atoms with Gasteiger partial charge in [-0.3, -0.25) is 4.90 Å². The maximum absolute atomic E-state index is 3.89. The van der Waals surface area contributed by atoms with Crippen LogP contribution in [0.15, 0.2) is 43.0 Å². The third-order valence-electron chi connectivity index (χ3n) is 4.21. The zero-order chi connectivity index (χ0) is 13.0. The van der Waals surface area contributed by atoms with Crippen LogP contribution < -0.4 is 5.32 Å². The lowest BCUT2D eigenvalue weighted by Crippen LogP contribution is -2.60. The fourth-order valence-electron chi connectivity index (χ4n) is 2.67. The molecule has 2 heteroatoms. The van der Waals surface area contributed by atoms with E-state index in [1.54, 1.807) is 0 Å². The SMILES string of the molecule is C=CCN1CC(c2ccccc2)NCC1(C)CC. The Morgan fingerprint density at radius 1 is 1.44 bits per heavy atom. The Bertz CT molecular complexity index is 387. The highest BCUT2D eigenvalue weighted by Gasteiger charge is 2.35. The molecule has 18 heavy (non-hydrogen) atoms. The van der Waals surface area contributed by atoms with Crippen molar-refractivity contribution >= 4 is 0 Å². The zero-order valence-corrected chi connectivity index (χ0v) is 11.5. The monoisotopic (exact) mass is 244 g/mol. The molecule has 1 aliphatic heterocycles. The predicted molar refractivity (Wildman–Crippen MR) is 77.7 cm³/mol. The average Bonchev–Trinajstić information content (AvgIpc) is 2.42. The van der Waals surface area contributed by atoms with Gasteiger partial charge in [-0.15, -0.1) is 6.58 Å². The van der Waals surface area contributed by atoms with E-state index in [-0.39, 0.29) is 5.54 Å². The zero-order valence-electron chi connectivity index (χ0n) is 11.5. The summed E-state index contributed by atoms with van der Waals surface area (Å²) in [6.07, 6.45) is 3.18. The molecule has 2 nitrogen and oxygen atoms in total. The first-order chi connectivity index (χ1) is 8.69. The van der Waals surface area contributed by atoms with Gasteiger partial charge in [0.1, 0.15) is 0 Å². The second kappa shape index (κ2) is 5.68. The topological polar surface area (TPSA) is 15.3 Å². The molecule has 0 spiro atoms. The lowest BCUT2D eigenvalue weighted by atomic mass is 9.90. The molecule has 0 aliphatic carbocycles. The van der Waals surface area contributed by atoms with Crippen LogP contribution in [-0.4, -0.2) is 30.1 Å². The Morgan fingerprint density at radius 2 is 2.17 bits per heavy atom. The van der Waals surface area contributed by atoms with Gasteiger partial charge >= 0.3 is 0 Å². The smallest absolute Gasteiger partial charge is 0.0450 e. The minimum Gasteiger partial charge on any atom is -0.307 e. The maximum atomic E-state index is 3.89. The quantitative estimate of drug-likeness (QED) is 0.819. The van der Waals surface area contributed by atoms with E-state index in [2.05, 4.69) is 61.0 Å². The van der Waals surface area contributed by atoms with Gasteiger partial charge in [-0.05, 0) is 18.9 Å². The number of nitrogens with zero attached hydrogens (tertiary/aromatic N) is 1. The molecule has 1 aromatic rings. The number of rotatable bonds is 4. The van der Waals surface area contributed by atoms with Crippen molar-refractivity contribution in [2.45, 2.75) is 31.8 Å². The van der Waals surface area contributed by atoms with Crippen molar-refractivity contribution in [1.29, 1.82) is 0 Å². The van der Waals surface area contributed by atoms with Crippen LogP contribution in [0.2, 0.25) is 0 Å². The van der Waals surface area contributed by atoms with E-state index >= 15 is 0 Å². The molecule has 1 heterocycles. The number of piperazine rings is 1. The van der Waals surface area contributed by atoms with Gasteiger partial charge in [-0.1, -0.05) is 43.3 Å². The molecule has 0 saturated carbocycles. The summed E-state index contributed by atoms with van der Waals surface area (Å²) in [6, 6.07) is 11.1. The highest BCUT2D eigenvalue weighted by molar-refractivity contribution is 5.20. The second-order valence-electron chi connectivity index (χ2n) is 5.39. The largest absolute Gasteiger partial charge is 0.307 e. The fraction of sp³-hybridized carbons (Fsp3) is 0.500. The molecule has 2 unspecified atom stereocenters. The molecular weight excluding hydrogens is 220 g/mol. The molecule has 1 aliphatic rings. The fourth-order valence-corrected chi connectivity index (χ4v) is 2.67. The molecule has 0 amide bonds. The van der Waals surface area contributed by atoms with Crippen LogP contribution in [0.5, 0.6) is 0 Å². The Kier molecular flexibility index (Phi) is 4.20. The minimum atomic E-state index is 0.249. The van der Waals surface area contributed by atoms with E-state index in [1.165, 1.54) is 5.56 Å². The molecule has 1 saturated heterocycles. The van der Waals surface area contributed by atoms with E-state index in [4.69, 9.17) is 0 Å². The summed E-state index contributed by atoms with van der Waals surface area (Å²) in [5, 5.41) is 3.69. The molecule has 1 N–H and O–H groups in total. The van der Waals surface area contributed by atoms with Crippen LogP contribution in [0.3, 0.4) is 0 Å². The van der Waals surface area contributed by atoms with Crippen LogP contribution >= 0.6 is 0 Å². The van der Waals surface area contributed by atoms with Crippen molar-refractivity contribution in [3.05, 3.63) is 48.6 Å². The van der Waals surface area contributed by atoms with Crippen LogP contribution in [0.4, 0.5) is 0 Å². The molecule has 0 aromatic heterocycles. The summed E-state index contributed by atoms with van der Waals surface area (Å²) in [6.45, 7) is 11.6. The lowest BCUT2D eigenvalue weighted by molar-refractivity contribution is 0.0603. The number of hydrogen-bond acceptors (Lipinski definition) is 2. The Morgan fingerprint density at radius 3 is 2.78 bits per heavy atom. The van der Waals surface area contributed by atoms with Gasteiger partial charge in [0.2, 0.25) is 0 Å². The normalized spacial score (nSPS) is 29.1. The molecular formula is C16H24N2. The third kappa shape index (κ3) is 2.65. The first-order valence-corrected chi connectivity index (χ1v) is 6.84. The molecule has 1 fully saturated rings. The van der Waals surface area contributed by atoms with Gasteiger partial charge in [-0.2, -0.15) is 0 Å². The summed E-state index contributed by atoms with van der Waals surface area (Å²) < 4.78 is 0.